The molecule has 0 aromatic carbocycles. The van der Waals surface area contributed by atoms with Crippen LogP contribution in [0.4, 0.5) is 0 Å². The quantitative estimate of drug-likeness (QED) is 0.819. The van der Waals surface area contributed by atoms with Gasteiger partial charge in [-0.15, -0.1) is 5.10 Å². The van der Waals surface area contributed by atoms with E-state index in [9.17, 15) is 9.90 Å². The van der Waals surface area contributed by atoms with Crippen LogP contribution in [-0.4, -0.2) is 31.2 Å². The minimum atomic E-state index is -1.01. The van der Waals surface area contributed by atoms with Crippen molar-refractivity contribution < 1.29 is 15.0 Å². The lowest BCUT2D eigenvalue weighted by Gasteiger charge is -2.21. The van der Waals surface area contributed by atoms with E-state index < -0.39 is 11.6 Å². The maximum absolute atomic E-state index is 10.9. The van der Waals surface area contributed by atoms with E-state index in [1.54, 1.807) is 18.5 Å². The predicted molar refractivity (Wildman–Crippen MR) is 59.3 cm³/mol. The Balaban J connectivity index is 2.20. The van der Waals surface area contributed by atoms with E-state index in [1.165, 1.54) is 6.20 Å². The van der Waals surface area contributed by atoms with Crippen molar-refractivity contribution in [3.05, 3.63) is 11.9 Å². The van der Waals surface area contributed by atoms with Crippen LogP contribution < -0.4 is 0 Å². The number of hydrogen-bond acceptors (Lipinski definition) is 4. The number of nitrogens with zero attached hydrogens (tertiary/aromatic N) is 3. The van der Waals surface area contributed by atoms with Crippen molar-refractivity contribution >= 4 is 5.97 Å². The molecule has 2 atom stereocenters. The number of carboxylic acids is 1. The zero-order valence-corrected chi connectivity index (χ0v) is 10.00. The van der Waals surface area contributed by atoms with Crippen LogP contribution in [0, 0.1) is 5.92 Å². The molecule has 2 rings (SSSR count). The maximum Gasteiger partial charge on any atom is 0.306 e. The Kier molecular flexibility index (Phi) is 2.91. The lowest BCUT2D eigenvalue weighted by Crippen LogP contribution is -2.24. The summed E-state index contributed by atoms with van der Waals surface area (Å²) in [6, 6.07) is 0.0278. The van der Waals surface area contributed by atoms with Crippen LogP contribution in [0.15, 0.2) is 6.20 Å². The average Bonchev–Trinajstić information content (AvgIpc) is 2.85. The third-order valence-electron chi connectivity index (χ3n) is 3.30. The van der Waals surface area contributed by atoms with Crippen LogP contribution in [-0.2, 0) is 10.4 Å². The average molecular weight is 239 g/mol. The Hall–Kier alpha value is -1.43. The smallest absolute Gasteiger partial charge is 0.306 e. The van der Waals surface area contributed by atoms with Crippen molar-refractivity contribution in [2.45, 2.75) is 44.8 Å². The minimum Gasteiger partial charge on any atom is -0.481 e. The summed E-state index contributed by atoms with van der Waals surface area (Å²) in [6.07, 6.45) is 3.52. The lowest BCUT2D eigenvalue weighted by atomic mass is 10.1. The summed E-state index contributed by atoms with van der Waals surface area (Å²) in [6.45, 7) is 3.34. The normalized spacial score (nSPS) is 25.1. The fraction of sp³-hybridized carbons (Fsp3) is 0.727. The monoisotopic (exact) mass is 239 g/mol. The Morgan fingerprint density at radius 1 is 1.53 bits per heavy atom. The Labute approximate surface area is 99.3 Å². The number of carboxylic acid groups (broad SMARTS) is 1. The van der Waals surface area contributed by atoms with Crippen molar-refractivity contribution in [3.8, 4) is 0 Å². The SMILES string of the molecule is CC(C)(O)c1cnnn1[C@@H]1CC[C@H](C(=O)O)C1. The molecule has 1 aromatic rings. The van der Waals surface area contributed by atoms with Crippen LogP contribution in [0.25, 0.3) is 0 Å². The van der Waals surface area contributed by atoms with E-state index >= 15 is 0 Å². The van der Waals surface area contributed by atoms with Crippen molar-refractivity contribution in [3.63, 3.8) is 0 Å². The molecule has 0 aliphatic heterocycles. The van der Waals surface area contributed by atoms with E-state index in [1.807, 2.05) is 0 Å². The van der Waals surface area contributed by atoms with Gasteiger partial charge in [0.15, 0.2) is 0 Å². The van der Waals surface area contributed by atoms with Gasteiger partial charge in [0, 0.05) is 0 Å². The second-order valence-electron chi connectivity index (χ2n) is 5.12. The van der Waals surface area contributed by atoms with E-state index in [2.05, 4.69) is 10.3 Å². The fourth-order valence-electron chi connectivity index (χ4n) is 2.36. The van der Waals surface area contributed by atoms with Crippen LogP contribution in [0.2, 0.25) is 0 Å². The molecule has 0 bridgehead atoms. The Bertz CT molecular complexity index is 422. The molecule has 1 heterocycles. The molecule has 17 heavy (non-hydrogen) atoms. The Morgan fingerprint density at radius 3 is 2.76 bits per heavy atom. The largest absolute Gasteiger partial charge is 0.481 e. The van der Waals surface area contributed by atoms with Gasteiger partial charge in [-0.3, -0.25) is 4.79 Å². The zero-order chi connectivity index (χ0) is 12.6. The predicted octanol–water partition coefficient (Wildman–Crippen LogP) is 0.931. The highest BCUT2D eigenvalue weighted by molar-refractivity contribution is 5.70. The maximum atomic E-state index is 10.9. The van der Waals surface area contributed by atoms with Gasteiger partial charge in [0.25, 0.3) is 0 Å². The van der Waals surface area contributed by atoms with E-state index in [0.717, 1.165) is 6.42 Å². The summed E-state index contributed by atoms with van der Waals surface area (Å²) in [5.74, 6) is -1.06. The molecule has 0 amide bonds. The lowest BCUT2D eigenvalue weighted by molar-refractivity contribution is -0.141. The molecule has 1 saturated carbocycles. The first-order valence-electron chi connectivity index (χ1n) is 5.75. The highest BCUT2D eigenvalue weighted by Crippen LogP contribution is 2.36. The van der Waals surface area contributed by atoms with Gasteiger partial charge in [0.1, 0.15) is 5.60 Å². The molecule has 0 unspecified atom stereocenters. The number of aliphatic hydroxyl groups is 1. The van der Waals surface area contributed by atoms with Gasteiger partial charge in [0.05, 0.1) is 23.9 Å². The van der Waals surface area contributed by atoms with Crippen molar-refractivity contribution in [2.24, 2.45) is 5.92 Å². The first-order valence-corrected chi connectivity index (χ1v) is 5.75. The minimum absolute atomic E-state index is 0.0278. The summed E-state index contributed by atoms with van der Waals surface area (Å²) in [5, 5.41) is 26.7. The zero-order valence-electron chi connectivity index (χ0n) is 10.00. The van der Waals surface area contributed by atoms with Gasteiger partial charge < -0.3 is 10.2 Å². The summed E-state index contributed by atoms with van der Waals surface area (Å²) in [4.78, 5) is 10.9. The van der Waals surface area contributed by atoms with Gasteiger partial charge in [-0.05, 0) is 33.1 Å². The number of aromatic nitrogens is 3. The molecule has 2 N–H and O–H groups in total. The second kappa shape index (κ2) is 4.10. The van der Waals surface area contributed by atoms with Crippen LogP contribution in [0.1, 0.15) is 44.8 Å². The molecule has 94 valence electrons. The van der Waals surface area contributed by atoms with Crippen molar-refractivity contribution in [1.29, 1.82) is 0 Å². The first-order chi connectivity index (χ1) is 7.89. The van der Waals surface area contributed by atoms with Gasteiger partial charge in [-0.1, -0.05) is 5.21 Å². The van der Waals surface area contributed by atoms with Gasteiger partial charge in [-0.25, -0.2) is 4.68 Å². The number of hydrogen-bond donors (Lipinski definition) is 2. The third-order valence-corrected chi connectivity index (χ3v) is 3.30. The molecule has 1 aliphatic rings. The van der Waals surface area contributed by atoms with Crippen molar-refractivity contribution in [1.82, 2.24) is 15.0 Å². The molecular formula is C11H17N3O3. The first kappa shape index (κ1) is 12.0. The summed E-state index contributed by atoms with van der Waals surface area (Å²) in [7, 11) is 0. The molecule has 1 aromatic heterocycles. The molecule has 0 radical (unpaired) electrons. The van der Waals surface area contributed by atoms with Crippen molar-refractivity contribution in [2.75, 3.05) is 0 Å². The van der Waals surface area contributed by atoms with Crippen LogP contribution in [0.3, 0.4) is 0 Å². The summed E-state index contributed by atoms with van der Waals surface area (Å²) >= 11 is 0. The van der Waals surface area contributed by atoms with Crippen LogP contribution in [0.5, 0.6) is 0 Å². The van der Waals surface area contributed by atoms with Crippen LogP contribution >= 0.6 is 0 Å². The molecule has 1 fully saturated rings. The third kappa shape index (κ3) is 2.31. The molecule has 1 aliphatic carbocycles. The van der Waals surface area contributed by atoms with E-state index in [0.29, 0.717) is 18.5 Å². The van der Waals surface area contributed by atoms with E-state index in [4.69, 9.17) is 5.11 Å². The van der Waals surface area contributed by atoms with Gasteiger partial charge in [-0.2, -0.15) is 0 Å². The molecule has 6 heteroatoms. The number of aliphatic carboxylic acids is 1. The number of rotatable bonds is 3. The molecular weight excluding hydrogens is 222 g/mol. The van der Waals surface area contributed by atoms with Gasteiger partial charge >= 0.3 is 5.97 Å². The molecule has 0 spiro atoms. The summed E-state index contributed by atoms with van der Waals surface area (Å²) < 4.78 is 1.67. The van der Waals surface area contributed by atoms with E-state index in [-0.39, 0.29) is 12.0 Å². The summed E-state index contributed by atoms with van der Waals surface area (Å²) in [5.41, 5.74) is -0.376. The fourth-order valence-corrected chi connectivity index (χ4v) is 2.36. The molecule has 6 nitrogen and oxygen atoms in total. The van der Waals surface area contributed by atoms with Gasteiger partial charge in [0.2, 0.25) is 0 Å². The topological polar surface area (TPSA) is 88.2 Å². The highest BCUT2D eigenvalue weighted by atomic mass is 16.4. The second-order valence-corrected chi connectivity index (χ2v) is 5.12. The number of carbonyl (C=O) groups is 1. The Morgan fingerprint density at radius 2 is 2.24 bits per heavy atom. The standard InChI is InChI=1S/C11H17N3O3/c1-11(2,17)9-6-12-13-14(9)8-4-3-7(5-8)10(15)16/h6-8,17H,3-5H2,1-2H3,(H,15,16)/t7-,8+/m0/s1. The molecule has 0 saturated heterocycles. The highest BCUT2D eigenvalue weighted by Gasteiger charge is 2.34.